The summed E-state index contributed by atoms with van der Waals surface area (Å²) in [4.78, 5) is 31.7. The third kappa shape index (κ3) is 7.47. The van der Waals surface area contributed by atoms with Crippen molar-refractivity contribution in [3.8, 4) is 17.4 Å². The van der Waals surface area contributed by atoms with Gasteiger partial charge in [0.25, 0.3) is 11.8 Å². The summed E-state index contributed by atoms with van der Waals surface area (Å²) in [6.07, 6.45) is -1.34. The molecular formula is C23H21F3N4O4. The van der Waals surface area contributed by atoms with E-state index < -0.39 is 18.7 Å². The molecule has 0 bridgehead atoms. The van der Waals surface area contributed by atoms with Gasteiger partial charge in [-0.1, -0.05) is 12.1 Å². The number of halogens is 3. The molecule has 0 aliphatic heterocycles. The molecule has 0 saturated heterocycles. The molecule has 0 aliphatic rings. The van der Waals surface area contributed by atoms with E-state index in [2.05, 4.69) is 25.3 Å². The predicted molar refractivity (Wildman–Crippen MR) is 116 cm³/mol. The Balaban J connectivity index is 1.51. The number of rotatable bonds is 9. The highest BCUT2D eigenvalue weighted by Crippen LogP contribution is 2.23. The SMILES string of the molecule is CNC(=O)c1cc(Oc2cccc(CCNC(=O)c3ccc(OCC(F)(F)F)nc3)c2)ccn1. The lowest BCUT2D eigenvalue weighted by Gasteiger charge is -2.10. The van der Waals surface area contributed by atoms with Crippen LogP contribution in [0.3, 0.4) is 0 Å². The number of amides is 2. The van der Waals surface area contributed by atoms with Crippen LogP contribution in [0.25, 0.3) is 0 Å². The molecule has 8 nitrogen and oxygen atoms in total. The van der Waals surface area contributed by atoms with Gasteiger partial charge in [0.2, 0.25) is 5.88 Å². The lowest BCUT2D eigenvalue weighted by atomic mass is 10.1. The first-order chi connectivity index (χ1) is 16.2. The molecule has 0 spiro atoms. The van der Waals surface area contributed by atoms with Crippen LogP contribution in [0.4, 0.5) is 13.2 Å². The van der Waals surface area contributed by atoms with Gasteiger partial charge in [0.1, 0.15) is 17.2 Å². The lowest BCUT2D eigenvalue weighted by Crippen LogP contribution is -2.26. The van der Waals surface area contributed by atoms with Crippen LogP contribution >= 0.6 is 0 Å². The topological polar surface area (TPSA) is 102 Å². The van der Waals surface area contributed by atoms with Crippen LogP contribution in [0, 0.1) is 0 Å². The number of aromatic nitrogens is 2. The van der Waals surface area contributed by atoms with Crippen LogP contribution in [0.15, 0.2) is 60.9 Å². The minimum absolute atomic E-state index is 0.195. The van der Waals surface area contributed by atoms with E-state index in [1.54, 1.807) is 24.3 Å². The number of nitrogens with zero attached hydrogens (tertiary/aromatic N) is 2. The number of carbonyl (C=O) groups excluding carboxylic acids is 2. The molecule has 0 saturated carbocycles. The summed E-state index contributed by atoms with van der Waals surface area (Å²) in [5, 5.41) is 5.22. The van der Waals surface area contributed by atoms with E-state index in [9.17, 15) is 22.8 Å². The monoisotopic (exact) mass is 474 g/mol. The Morgan fingerprint density at radius 1 is 1.00 bits per heavy atom. The van der Waals surface area contributed by atoms with Crippen LogP contribution in [-0.4, -0.2) is 48.2 Å². The third-order valence-electron chi connectivity index (χ3n) is 4.41. The van der Waals surface area contributed by atoms with Crippen molar-refractivity contribution in [3.63, 3.8) is 0 Å². The fourth-order valence-corrected chi connectivity index (χ4v) is 2.81. The highest BCUT2D eigenvalue weighted by Gasteiger charge is 2.28. The molecule has 2 amide bonds. The standard InChI is InChI=1S/C23H21F3N4O4/c1-27-22(32)19-12-18(8-10-28-19)34-17-4-2-3-15(11-17)7-9-29-21(31)16-5-6-20(30-13-16)33-14-23(24,25)26/h2-6,8,10-13H,7,9,14H2,1H3,(H,27,32)(H,29,31). The number of hydrogen-bond acceptors (Lipinski definition) is 6. The Kier molecular flexibility index (Phi) is 8.01. The molecule has 1 aromatic carbocycles. The molecule has 0 radical (unpaired) electrons. The second-order valence-corrected chi connectivity index (χ2v) is 7.00. The largest absolute Gasteiger partial charge is 0.468 e. The molecular weight excluding hydrogens is 453 g/mol. The third-order valence-corrected chi connectivity index (χ3v) is 4.41. The Hall–Kier alpha value is -4.15. The summed E-state index contributed by atoms with van der Waals surface area (Å²) in [5.41, 5.74) is 1.32. The van der Waals surface area contributed by atoms with E-state index >= 15 is 0 Å². The van der Waals surface area contributed by atoms with Gasteiger partial charge in [-0.05, 0) is 36.2 Å². The Labute approximate surface area is 193 Å². The first-order valence-corrected chi connectivity index (χ1v) is 10.1. The van der Waals surface area contributed by atoms with Gasteiger partial charge in [-0.3, -0.25) is 14.6 Å². The lowest BCUT2D eigenvalue weighted by molar-refractivity contribution is -0.154. The molecule has 0 fully saturated rings. The molecule has 0 aliphatic carbocycles. The van der Waals surface area contributed by atoms with E-state index in [1.165, 1.54) is 31.4 Å². The van der Waals surface area contributed by atoms with E-state index in [1.807, 2.05) is 6.07 Å². The number of benzene rings is 1. The minimum atomic E-state index is -4.47. The van der Waals surface area contributed by atoms with E-state index in [0.717, 1.165) is 11.8 Å². The molecule has 2 aromatic heterocycles. The maximum atomic E-state index is 12.2. The van der Waals surface area contributed by atoms with E-state index in [-0.39, 0.29) is 23.0 Å². The zero-order chi connectivity index (χ0) is 24.6. The van der Waals surface area contributed by atoms with Crippen molar-refractivity contribution in [2.45, 2.75) is 12.6 Å². The first-order valence-electron chi connectivity index (χ1n) is 10.1. The molecule has 2 heterocycles. The van der Waals surface area contributed by atoms with Crippen LogP contribution in [0.2, 0.25) is 0 Å². The number of ether oxygens (including phenoxy) is 2. The first kappa shape index (κ1) is 24.5. The summed E-state index contributed by atoms with van der Waals surface area (Å²) < 4.78 is 46.9. The van der Waals surface area contributed by atoms with Crippen LogP contribution in [-0.2, 0) is 6.42 Å². The van der Waals surface area contributed by atoms with Gasteiger partial charge in [-0.15, -0.1) is 0 Å². The average molecular weight is 474 g/mol. The maximum absolute atomic E-state index is 12.2. The van der Waals surface area contributed by atoms with Crippen molar-refractivity contribution in [3.05, 3.63) is 77.7 Å². The molecule has 11 heteroatoms. The molecule has 3 rings (SSSR count). The fraction of sp³-hybridized carbons (Fsp3) is 0.217. The van der Waals surface area contributed by atoms with Gasteiger partial charge in [0.05, 0.1) is 5.56 Å². The molecule has 0 atom stereocenters. The Morgan fingerprint density at radius 2 is 1.79 bits per heavy atom. The fourth-order valence-electron chi connectivity index (χ4n) is 2.81. The van der Waals surface area contributed by atoms with Crippen molar-refractivity contribution in [1.29, 1.82) is 0 Å². The highest BCUT2D eigenvalue weighted by atomic mass is 19.4. The summed E-state index contributed by atoms with van der Waals surface area (Å²) in [6.45, 7) is -1.14. The smallest absolute Gasteiger partial charge is 0.422 e. The maximum Gasteiger partial charge on any atom is 0.422 e. The quantitative estimate of drug-likeness (QED) is 0.492. The zero-order valence-corrected chi connectivity index (χ0v) is 18.1. The molecule has 3 aromatic rings. The van der Waals surface area contributed by atoms with Crippen LogP contribution in [0.1, 0.15) is 26.4 Å². The summed E-state index contributed by atoms with van der Waals surface area (Å²) in [6, 6.07) is 12.9. The van der Waals surface area contributed by atoms with E-state index in [4.69, 9.17) is 4.74 Å². The van der Waals surface area contributed by atoms with Gasteiger partial charge < -0.3 is 20.1 Å². The van der Waals surface area contributed by atoms with Crippen molar-refractivity contribution >= 4 is 11.8 Å². The summed E-state index contributed by atoms with van der Waals surface area (Å²) in [7, 11) is 1.51. The molecule has 0 unspecified atom stereocenters. The number of carbonyl (C=O) groups is 2. The molecule has 178 valence electrons. The van der Waals surface area contributed by atoms with Gasteiger partial charge in [0.15, 0.2) is 6.61 Å². The second-order valence-electron chi connectivity index (χ2n) is 7.00. The number of pyridine rings is 2. The van der Waals surface area contributed by atoms with E-state index in [0.29, 0.717) is 24.5 Å². The van der Waals surface area contributed by atoms with Crippen molar-refractivity contribution in [1.82, 2.24) is 20.6 Å². The number of nitrogens with one attached hydrogen (secondary N) is 2. The van der Waals surface area contributed by atoms with Gasteiger partial charge in [0, 0.05) is 38.1 Å². The van der Waals surface area contributed by atoms with Gasteiger partial charge in [-0.25, -0.2) is 4.98 Å². The van der Waals surface area contributed by atoms with Crippen molar-refractivity contribution in [2.24, 2.45) is 0 Å². The minimum Gasteiger partial charge on any atom is -0.468 e. The van der Waals surface area contributed by atoms with Gasteiger partial charge >= 0.3 is 6.18 Å². The highest BCUT2D eigenvalue weighted by molar-refractivity contribution is 5.94. The molecule has 34 heavy (non-hydrogen) atoms. The van der Waals surface area contributed by atoms with Crippen molar-refractivity contribution in [2.75, 3.05) is 20.2 Å². The zero-order valence-electron chi connectivity index (χ0n) is 18.1. The average Bonchev–Trinajstić information content (AvgIpc) is 2.82. The van der Waals surface area contributed by atoms with Gasteiger partial charge in [-0.2, -0.15) is 13.2 Å². The summed E-state index contributed by atoms with van der Waals surface area (Å²) >= 11 is 0. The number of alkyl halides is 3. The Bertz CT molecular complexity index is 1140. The normalized spacial score (nSPS) is 10.9. The van der Waals surface area contributed by atoms with Crippen LogP contribution in [0.5, 0.6) is 17.4 Å². The van der Waals surface area contributed by atoms with Crippen LogP contribution < -0.4 is 20.1 Å². The second kappa shape index (κ2) is 11.1. The molecule has 2 N–H and O–H groups in total. The Morgan fingerprint density at radius 3 is 2.50 bits per heavy atom. The number of hydrogen-bond donors (Lipinski definition) is 2. The van der Waals surface area contributed by atoms with Crippen molar-refractivity contribution < 1.29 is 32.2 Å². The predicted octanol–water partition coefficient (Wildman–Crippen LogP) is 3.54. The summed E-state index contributed by atoms with van der Waals surface area (Å²) in [5.74, 6) is 0.0440.